The van der Waals surface area contributed by atoms with E-state index in [9.17, 15) is 19.5 Å². The van der Waals surface area contributed by atoms with E-state index in [1.54, 1.807) is 0 Å². The summed E-state index contributed by atoms with van der Waals surface area (Å²) in [5.41, 5.74) is 0.662. The van der Waals surface area contributed by atoms with Gasteiger partial charge in [-0.15, -0.1) is 0 Å². The number of aromatic nitrogens is 2. The van der Waals surface area contributed by atoms with Crippen molar-refractivity contribution in [2.45, 2.75) is 0 Å². The molecule has 148 valence electrons. The summed E-state index contributed by atoms with van der Waals surface area (Å²) >= 11 is 5.82. The lowest BCUT2D eigenvalue weighted by atomic mass is 10.3. The Labute approximate surface area is 164 Å². The number of H-pyrrole nitrogens is 1. The lowest BCUT2D eigenvalue weighted by molar-refractivity contribution is -0.123. The van der Waals surface area contributed by atoms with Crippen molar-refractivity contribution in [2.75, 3.05) is 32.8 Å². The molecule has 28 heavy (non-hydrogen) atoms. The van der Waals surface area contributed by atoms with E-state index in [-0.39, 0.29) is 18.0 Å². The molecule has 0 radical (unpaired) electrons. The van der Waals surface area contributed by atoms with Crippen LogP contribution in [0, 0.1) is 0 Å². The predicted octanol–water partition coefficient (Wildman–Crippen LogP) is -0.333. The van der Waals surface area contributed by atoms with E-state index in [1.807, 2.05) is 4.90 Å². The van der Waals surface area contributed by atoms with E-state index in [0.29, 0.717) is 37.0 Å². The third kappa shape index (κ3) is 4.66. The molecule has 0 atom stereocenters. The number of carbonyl (C=O) groups excluding carboxylic acids is 1. The molecule has 2 heterocycles. The molecule has 1 amide bonds. The van der Waals surface area contributed by atoms with Crippen molar-refractivity contribution in [2.24, 2.45) is 5.10 Å². The topological polar surface area (TPSA) is 129 Å². The molecule has 0 aliphatic carbocycles. The molecule has 2 aromatic rings. The van der Waals surface area contributed by atoms with Gasteiger partial charge in [-0.3, -0.25) is 19.5 Å². The van der Waals surface area contributed by atoms with Crippen LogP contribution in [-0.4, -0.2) is 64.5 Å². The molecule has 1 aromatic heterocycles. The Kier molecular flexibility index (Phi) is 6.24. The van der Waals surface area contributed by atoms with Crippen molar-refractivity contribution in [1.29, 1.82) is 0 Å². The Balaban J connectivity index is 1.78. The number of aromatic amines is 1. The van der Waals surface area contributed by atoms with Crippen LogP contribution in [0.5, 0.6) is 5.88 Å². The number of hydrazone groups is 1. The van der Waals surface area contributed by atoms with Crippen LogP contribution < -0.4 is 16.7 Å². The number of aromatic hydroxyl groups is 1. The third-order valence-electron chi connectivity index (χ3n) is 4.06. The van der Waals surface area contributed by atoms with E-state index >= 15 is 0 Å². The van der Waals surface area contributed by atoms with Crippen molar-refractivity contribution in [3.8, 4) is 11.6 Å². The number of nitrogens with one attached hydrogen (secondary N) is 2. The summed E-state index contributed by atoms with van der Waals surface area (Å²) in [4.78, 5) is 40.0. The number of amides is 1. The molecule has 3 rings (SSSR count). The Bertz CT molecular complexity index is 992. The van der Waals surface area contributed by atoms with Gasteiger partial charge in [0.25, 0.3) is 11.5 Å². The molecule has 1 aliphatic rings. The number of ether oxygens (including phenoxy) is 1. The highest BCUT2D eigenvalue weighted by atomic mass is 35.5. The second kappa shape index (κ2) is 8.83. The number of nitrogens with zero attached hydrogens (tertiary/aromatic N) is 3. The molecule has 10 nitrogen and oxygen atoms in total. The number of benzene rings is 1. The number of morpholine rings is 1. The lowest BCUT2D eigenvalue weighted by Crippen LogP contribution is -2.42. The SMILES string of the molecule is O=C(CN1CCOCC1)N/N=C/c1c(O)n(-c2ccc(Cl)cc2)c(=O)[nH]c1=O. The van der Waals surface area contributed by atoms with Gasteiger partial charge in [-0.05, 0) is 24.3 Å². The van der Waals surface area contributed by atoms with Gasteiger partial charge in [-0.25, -0.2) is 14.8 Å². The molecular formula is C17H18ClN5O5. The monoisotopic (exact) mass is 407 g/mol. The van der Waals surface area contributed by atoms with Gasteiger partial charge in [0.2, 0.25) is 5.88 Å². The average molecular weight is 408 g/mol. The maximum atomic E-state index is 12.1. The second-order valence-corrected chi connectivity index (χ2v) is 6.43. The zero-order valence-electron chi connectivity index (χ0n) is 14.7. The van der Waals surface area contributed by atoms with Crippen molar-refractivity contribution in [3.63, 3.8) is 0 Å². The maximum Gasteiger partial charge on any atom is 0.335 e. The first-order valence-corrected chi connectivity index (χ1v) is 8.80. The number of halogens is 1. The van der Waals surface area contributed by atoms with Crippen LogP contribution in [0.2, 0.25) is 5.02 Å². The standard InChI is InChI=1S/C17H18ClN5O5/c18-11-1-3-12(4-2-11)23-16(26)13(15(25)20-17(23)27)9-19-21-14(24)10-22-5-7-28-8-6-22/h1-4,9,26H,5-8,10H2,(H,21,24)(H,20,25,27)/b19-9+. The fourth-order valence-corrected chi connectivity index (χ4v) is 2.78. The Morgan fingerprint density at radius 2 is 1.96 bits per heavy atom. The first-order valence-electron chi connectivity index (χ1n) is 8.42. The highest BCUT2D eigenvalue weighted by molar-refractivity contribution is 6.30. The van der Waals surface area contributed by atoms with Crippen LogP contribution in [0.4, 0.5) is 0 Å². The van der Waals surface area contributed by atoms with Crippen LogP contribution in [0.1, 0.15) is 5.56 Å². The molecule has 3 N–H and O–H groups in total. The van der Waals surface area contributed by atoms with E-state index in [1.165, 1.54) is 24.3 Å². The summed E-state index contributed by atoms with van der Waals surface area (Å²) in [6.07, 6.45) is 0.983. The van der Waals surface area contributed by atoms with Crippen LogP contribution >= 0.6 is 11.6 Å². The number of hydrogen-bond acceptors (Lipinski definition) is 7. The first kappa shape index (κ1) is 19.8. The van der Waals surface area contributed by atoms with Gasteiger partial charge in [-0.1, -0.05) is 11.6 Å². The minimum Gasteiger partial charge on any atom is -0.493 e. The molecule has 0 bridgehead atoms. The summed E-state index contributed by atoms with van der Waals surface area (Å²) in [5.74, 6) is -0.984. The lowest BCUT2D eigenvalue weighted by Gasteiger charge is -2.25. The summed E-state index contributed by atoms with van der Waals surface area (Å²) < 4.78 is 6.10. The van der Waals surface area contributed by atoms with E-state index in [0.717, 1.165) is 10.8 Å². The quantitative estimate of drug-likeness (QED) is 0.459. The van der Waals surface area contributed by atoms with Gasteiger partial charge in [-0.2, -0.15) is 5.10 Å². The van der Waals surface area contributed by atoms with Gasteiger partial charge in [0, 0.05) is 18.1 Å². The van der Waals surface area contributed by atoms with Gasteiger partial charge >= 0.3 is 5.69 Å². The van der Waals surface area contributed by atoms with Crippen LogP contribution in [0.15, 0.2) is 39.0 Å². The first-order chi connectivity index (χ1) is 13.5. The van der Waals surface area contributed by atoms with E-state index < -0.39 is 17.1 Å². The Hall–Kier alpha value is -2.95. The molecular weight excluding hydrogens is 390 g/mol. The van der Waals surface area contributed by atoms with Crippen molar-refractivity contribution >= 4 is 23.7 Å². The van der Waals surface area contributed by atoms with Crippen LogP contribution in [0.25, 0.3) is 5.69 Å². The predicted molar refractivity (Wildman–Crippen MR) is 102 cm³/mol. The minimum atomic E-state index is -0.834. The largest absolute Gasteiger partial charge is 0.493 e. The van der Waals surface area contributed by atoms with Crippen LogP contribution in [0.3, 0.4) is 0 Å². The maximum absolute atomic E-state index is 12.1. The average Bonchev–Trinajstić information content (AvgIpc) is 2.66. The van der Waals surface area contributed by atoms with E-state index in [2.05, 4.69) is 15.5 Å². The molecule has 1 fully saturated rings. The van der Waals surface area contributed by atoms with Gasteiger partial charge in [0.1, 0.15) is 5.56 Å². The number of hydrogen-bond donors (Lipinski definition) is 3. The molecule has 1 saturated heterocycles. The summed E-state index contributed by atoms with van der Waals surface area (Å²) in [6.45, 7) is 2.54. The zero-order chi connectivity index (χ0) is 20.1. The molecule has 0 unspecified atom stereocenters. The van der Waals surface area contributed by atoms with E-state index in [4.69, 9.17) is 16.3 Å². The Morgan fingerprint density at radius 1 is 1.29 bits per heavy atom. The third-order valence-corrected chi connectivity index (χ3v) is 4.31. The fraction of sp³-hybridized carbons (Fsp3) is 0.294. The highest BCUT2D eigenvalue weighted by Crippen LogP contribution is 2.17. The number of rotatable bonds is 5. The molecule has 0 spiro atoms. The summed E-state index contributed by atoms with van der Waals surface area (Å²) in [6, 6.07) is 6.08. The number of carbonyl (C=O) groups is 1. The second-order valence-electron chi connectivity index (χ2n) is 5.99. The van der Waals surface area contributed by atoms with Crippen molar-refractivity contribution in [1.82, 2.24) is 19.9 Å². The smallest absolute Gasteiger partial charge is 0.335 e. The van der Waals surface area contributed by atoms with Crippen LogP contribution in [-0.2, 0) is 9.53 Å². The fourth-order valence-electron chi connectivity index (χ4n) is 2.65. The van der Waals surface area contributed by atoms with Gasteiger partial charge in [0.15, 0.2) is 0 Å². The normalized spacial score (nSPS) is 15.0. The molecule has 1 aliphatic heterocycles. The molecule has 11 heteroatoms. The molecule has 0 saturated carbocycles. The highest BCUT2D eigenvalue weighted by Gasteiger charge is 2.15. The van der Waals surface area contributed by atoms with Gasteiger partial charge in [0.05, 0.1) is 31.7 Å². The summed E-state index contributed by atoms with van der Waals surface area (Å²) in [5, 5.41) is 14.5. The Morgan fingerprint density at radius 3 is 2.64 bits per heavy atom. The minimum absolute atomic E-state index is 0.132. The zero-order valence-corrected chi connectivity index (χ0v) is 15.5. The van der Waals surface area contributed by atoms with Gasteiger partial charge < -0.3 is 9.84 Å². The van der Waals surface area contributed by atoms with Crippen molar-refractivity contribution < 1.29 is 14.6 Å². The summed E-state index contributed by atoms with van der Waals surface area (Å²) in [7, 11) is 0. The van der Waals surface area contributed by atoms with Crippen molar-refractivity contribution in [3.05, 3.63) is 55.7 Å². The molecule has 1 aromatic carbocycles.